The highest BCUT2D eigenvalue weighted by molar-refractivity contribution is 8.18. The highest BCUT2D eigenvalue weighted by Crippen LogP contribution is 2.35. The van der Waals surface area contributed by atoms with Gasteiger partial charge in [0.25, 0.3) is 11.1 Å². The quantitative estimate of drug-likeness (QED) is 0.602. The minimum Gasteiger partial charge on any atom is -0.493 e. The molecule has 2 amide bonds. The van der Waals surface area contributed by atoms with Crippen molar-refractivity contribution >= 4 is 52.2 Å². The number of hydrogen-bond donors (Lipinski definition) is 0. The standard InChI is InChI=1S/C19H15Cl2NO3S/c1-2-25-16-6-4-3-5-13(16)10-17-18(23)22(19(24)26-17)11-12-7-8-14(20)15(21)9-12/h3-10H,2,11H2,1H3/b17-10+. The van der Waals surface area contributed by atoms with Gasteiger partial charge in [-0.1, -0.05) is 47.5 Å². The predicted octanol–water partition coefficient (Wildman–Crippen LogP) is 5.63. The van der Waals surface area contributed by atoms with E-state index >= 15 is 0 Å². The summed E-state index contributed by atoms with van der Waals surface area (Å²) in [4.78, 5) is 26.5. The largest absolute Gasteiger partial charge is 0.493 e. The predicted molar refractivity (Wildman–Crippen MR) is 106 cm³/mol. The maximum atomic E-state index is 12.7. The Hall–Kier alpha value is -1.95. The third-order valence-electron chi connectivity index (χ3n) is 3.70. The summed E-state index contributed by atoms with van der Waals surface area (Å²) < 4.78 is 5.57. The monoisotopic (exact) mass is 407 g/mol. The summed E-state index contributed by atoms with van der Waals surface area (Å²) >= 11 is 12.8. The van der Waals surface area contributed by atoms with Crippen LogP contribution in [0.4, 0.5) is 4.79 Å². The number of halogens is 2. The lowest BCUT2D eigenvalue weighted by atomic mass is 10.1. The van der Waals surface area contributed by atoms with Crippen molar-refractivity contribution < 1.29 is 14.3 Å². The van der Waals surface area contributed by atoms with Gasteiger partial charge >= 0.3 is 0 Å². The van der Waals surface area contributed by atoms with Crippen molar-refractivity contribution in [2.75, 3.05) is 6.61 Å². The van der Waals surface area contributed by atoms with Gasteiger partial charge in [0.2, 0.25) is 0 Å². The molecule has 0 saturated carbocycles. The van der Waals surface area contributed by atoms with E-state index in [2.05, 4.69) is 0 Å². The first kappa shape index (κ1) is 18.8. The van der Waals surface area contributed by atoms with E-state index in [-0.39, 0.29) is 17.7 Å². The van der Waals surface area contributed by atoms with Crippen molar-refractivity contribution in [3.63, 3.8) is 0 Å². The van der Waals surface area contributed by atoms with Crippen molar-refractivity contribution in [2.45, 2.75) is 13.5 Å². The Morgan fingerprint density at radius 1 is 1.12 bits per heavy atom. The molecule has 134 valence electrons. The van der Waals surface area contributed by atoms with Gasteiger partial charge in [0.05, 0.1) is 28.1 Å². The normalized spacial score (nSPS) is 15.8. The molecule has 0 N–H and O–H groups in total. The summed E-state index contributed by atoms with van der Waals surface area (Å²) in [5.41, 5.74) is 1.49. The van der Waals surface area contributed by atoms with Gasteiger partial charge in [-0.25, -0.2) is 0 Å². The number of hydrogen-bond acceptors (Lipinski definition) is 4. The lowest BCUT2D eigenvalue weighted by Gasteiger charge is -2.13. The SMILES string of the molecule is CCOc1ccccc1/C=C1/SC(=O)N(Cc2ccc(Cl)c(Cl)c2)C1=O. The Morgan fingerprint density at radius 2 is 1.88 bits per heavy atom. The number of rotatable bonds is 5. The molecule has 1 aliphatic rings. The van der Waals surface area contributed by atoms with Crippen LogP contribution < -0.4 is 4.74 Å². The van der Waals surface area contributed by atoms with Crippen LogP contribution in [0.2, 0.25) is 10.0 Å². The van der Waals surface area contributed by atoms with E-state index in [1.54, 1.807) is 24.3 Å². The lowest BCUT2D eigenvalue weighted by Crippen LogP contribution is -2.27. The second-order valence-electron chi connectivity index (χ2n) is 5.49. The first-order valence-electron chi connectivity index (χ1n) is 7.90. The molecule has 0 aliphatic carbocycles. The van der Waals surface area contributed by atoms with Gasteiger partial charge in [-0.05, 0) is 48.5 Å². The molecule has 1 saturated heterocycles. The molecule has 1 fully saturated rings. The molecule has 0 unspecified atom stereocenters. The highest BCUT2D eigenvalue weighted by atomic mass is 35.5. The maximum absolute atomic E-state index is 12.7. The van der Waals surface area contributed by atoms with E-state index < -0.39 is 0 Å². The van der Waals surface area contributed by atoms with Gasteiger partial charge in [-0.15, -0.1) is 0 Å². The fourth-order valence-electron chi connectivity index (χ4n) is 2.48. The molecular weight excluding hydrogens is 393 g/mol. The third kappa shape index (κ3) is 4.06. The van der Waals surface area contributed by atoms with Gasteiger partial charge < -0.3 is 4.74 Å². The van der Waals surface area contributed by atoms with Crippen LogP contribution >= 0.6 is 35.0 Å². The van der Waals surface area contributed by atoms with E-state index in [0.717, 1.165) is 22.9 Å². The molecule has 0 atom stereocenters. The zero-order chi connectivity index (χ0) is 18.7. The van der Waals surface area contributed by atoms with Crippen molar-refractivity contribution in [1.29, 1.82) is 0 Å². The number of para-hydroxylation sites is 1. The van der Waals surface area contributed by atoms with E-state index in [1.807, 2.05) is 31.2 Å². The first-order valence-corrected chi connectivity index (χ1v) is 9.48. The van der Waals surface area contributed by atoms with E-state index in [4.69, 9.17) is 27.9 Å². The minimum absolute atomic E-state index is 0.145. The molecule has 2 aromatic carbocycles. The molecular formula is C19H15Cl2NO3S. The van der Waals surface area contributed by atoms with Gasteiger partial charge in [0.1, 0.15) is 5.75 Å². The van der Waals surface area contributed by atoms with Crippen LogP contribution in [-0.2, 0) is 11.3 Å². The van der Waals surface area contributed by atoms with Gasteiger partial charge in [0.15, 0.2) is 0 Å². The highest BCUT2D eigenvalue weighted by Gasteiger charge is 2.35. The van der Waals surface area contributed by atoms with Crippen LogP contribution in [0.1, 0.15) is 18.1 Å². The fourth-order valence-corrected chi connectivity index (χ4v) is 3.63. The number of benzene rings is 2. The summed E-state index contributed by atoms with van der Waals surface area (Å²) in [7, 11) is 0. The number of ether oxygens (including phenoxy) is 1. The Morgan fingerprint density at radius 3 is 2.62 bits per heavy atom. The Balaban J connectivity index is 1.83. The van der Waals surface area contributed by atoms with Crippen molar-refractivity contribution in [2.24, 2.45) is 0 Å². The zero-order valence-corrected chi connectivity index (χ0v) is 16.2. The number of imide groups is 1. The van der Waals surface area contributed by atoms with Crippen LogP contribution in [0.3, 0.4) is 0 Å². The zero-order valence-electron chi connectivity index (χ0n) is 13.9. The molecule has 0 aromatic heterocycles. The van der Waals surface area contributed by atoms with E-state index in [0.29, 0.717) is 27.3 Å². The summed E-state index contributed by atoms with van der Waals surface area (Å²) in [5, 5.41) is 0.496. The Bertz CT molecular complexity index is 898. The molecule has 0 radical (unpaired) electrons. The molecule has 1 aliphatic heterocycles. The van der Waals surface area contributed by atoms with Crippen LogP contribution in [0.25, 0.3) is 6.08 Å². The molecule has 26 heavy (non-hydrogen) atoms. The van der Waals surface area contributed by atoms with Gasteiger partial charge in [-0.3, -0.25) is 14.5 Å². The maximum Gasteiger partial charge on any atom is 0.293 e. The number of carbonyl (C=O) groups is 2. The molecule has 0 spiro atoms. The second kappa shape index (κ2) is 8.16. The molecule has 3 rings (SSSR count). The molecule has 7 heteroatoms. The van der Waals surface area contributed by atoms with Crippen molar-refractivity contribution in [3.8, 4) is 5.75 Å². The van der Waals surface area contributed by atoms with Crippen LogP contribution in [-0.4, -0.2) is 22.7 Å². The second-order valence-corrected chi connectivity index (χ2v) is 7.29. The van der Waals surface area contributed by atoms with Crippen LogP contribution in [0, 0.1) is 0 Å². The third-order valence-corrected chi connectivity index (χ3v) is 5.35. The summed E-state index contributed by atoms with van der Waals surface area (Å²) in [6.07, 6.45) is 1.69. The molecule has 0 bridgehead atoms. The summed E-state index contributed by atoms with van der Waals surface area (Å²) in [6, 6.07) is 12.4. The van der Waals surface area contributed by atoms with Gasteiger partial charge in [0, 0.05) is 5.56 Å². The number of amides is 2. The van der Waals surface area contributed by atoms with Crippen LogP contribution in [0.5, 0.6) is 5.75 Å². The average molecular weight is 408 g/mol. The first-order chi connectivity index (χ1) is 12.5. The number of carbonyl (C=O) groups excluding carboxylic acids is 2. The number of nitrogens with zero attached hydrogens (tertiary/aromatic N) is 1. The Kier molecular flexibility index (Phi) is 5.91. The lowest BCUT2D eigenvalue weighted by molar-refractivity contribution is -0.123. The van der Waals surface area contributed by atoms with E-state index in [1.165, 1.54) is 4.90 Å². The average Bonchev–Trinajstić information content (AvgIpc) is 2.87. The summed E-state index contributed by atoms with van der Waals surface area (Å²) in [6.45, 7) is 2.55. The fraction of sp³-hybridized carbons (Fsp3) is 0.158. The smallest absolute Gasteiger partial charge is 0.293 e. The van der Waals surface area contributed by atoms with E-state index in [9.17, 15) is 9.59 Å². The van der Waals surface area contributed by atoms with Gasteiger partial charge in [-0.2, -0.15) is 0 Å². The van der Waals surface area contributed by atoms with Crippen molar-refractivity contribution in [1.82, 2.24) is 4.90 Å². The molecule has 2 aromatic rings. The van der Waals surface area contributed by atoms with Crippen molar-refractivity contribution in [3.05, 3.63) is 68.5 Å². The Labute approximate surface area is 165 Å². The molecule has 4 nitrogen and oxygen atoms in total. The topological polar surface area (TPSA) is 46.6 Å². The minimum atomic E-state index is -0.336. The molecule has 1 heterocycles. The summed E-state index contributed by atoms with van der Waals surface area (Å²) in [5.74, 6) is 0.337. The number of thioether (sulfide) groups is 1. The van der Waals surface area contributed by atoms with Crippen LogP contribution in [0.15, 0.2) is 47.4 Å².